The van der Waals surface area contributed by atoms with Crippen molar-refractivity contribution in [3.05, 3.63) is 36.0 Å². The highest BCUT2D eigenvalue weighted by Crippen LogP contribution is 2.14. The lowest BCUT2D eigenvalue weighted by atomic mass is 10.1. The van der Waals surface area contributed by atoms with Gasteiger partial charge in [0, 0.05) is 35.6 Å². The average Bonchev–Trinajstić information content (AvgIpc) is 2.93. The zero-order valence-electron chi connectivity index (χ0n) is 11.9. The quantitative estimate of drug-likeness (QED) is 0.653. The van der Waals surface area contributed by atoms with Crippen LogP contribution < -0.4 is 5.32 Å². The van der Waals surface area contributed by atoms with Crippen LogP contribution in [0.25, 0.3) is 10.9 Å². The topological polar surface area (TPSA) is 82.2 Å². The molecular formula is C16H20N2O3. The summed E-state index contributed by atoms with van der Waals surface area (Å²) in [5, 5.41) is 12.4. The van der Waals surface area contributed by atoms with E-state index in [4.69, 9.17) is 5.11 Å². The third-order valence-corrected chi connectivity index (χ3v) is 3.42. The minimum atomic E-state index is -0.747. The molecule has 1 amide bonds. The van der Waals surface area contributed by atoms with Crippen LogP contribution in [-0.2, 0) is 4.79 Å². The van der Waals surface area contributed by atoms with Crippen molar-refractivity contribution in [3.63, 3.8) is 0 Å². The third kappa shape index (κ3) is 4.63. The van der Waals surface area contributed by atoms with Gasteiger partial charge in [-0.25, -0.2) is 0 Å². The Labute approximate surface area is 123 Å². The summed E-state index contributed by atoms with van der Waals surface area (Å²) in [6.07, 6.45) is 5.47. The normalized spacial score (nSPS) is 10.7. The van der Waals surface area contributed by atoms with Gasteiger partial charge in [-0.15, -0.1) is 0 Å². The van der Waals surface area contributed by atoms with Crippen molar-refractivity contribution in [2.24, 2.45) is 0 Å². The van der Waals surface area contributed by atoms with E-state index in [0.717, 1.165) is 30.2 Å². The fraction of sp³-hybridized carbons (Fsp3) is 0.375. The molecule has 5 heteroatoms. The van der Waals surface area contributed by atoms with Gasteiger partial charge in [0.1, 0.15) is 0 Å². The summed E-state index contributed by atoms with van der Waals surface area (Å²) in [7, 11) is 0. The first-order valence-electron chi connectivity index (χ1n) is 7.24. The Balaban J connectivity index is 1.68. The molecule has 3 N–H and O–H groups in total. The van der Waals surface area contributed by atoms with Gasteiger partial charge in [0.15, 0.2) is 0 Å². The standard InChI is InChI=1S/C16H20N2O3/c19-15(20)5-3-1-2-4-9-18-16(21)13-6-7-14-12(11-13)8-10-17-14/h6-8,10-11,17H,1-5,9H2,(H,18,21)(H,19,20). The van der Waals surface area contributed by atoms with Gasteiger partial charge < -0.3 is 15.4 Å². The number of carbonyl (C=O) groups is 2. The zero-order chi connectivity index (χ0) is 15.1. The predicted molar refractivity (Wildman–Crippen MR) is 81.4 cm³/mol. The monoisotopic (exact) mass is 288 g/mol. The van der Waals surface area contributed by atoms with Crippen molar-refractivity contribution < 1.29 is 14.7 Å². The van der Waals surface area contributed by atoms with Crippen LogP contribution in [0.5, 0.6) is 0 Å². The molecule has 1 aromatic carbocycles. The van der Waals surface area contributed by atoms with E-state index in [0.29, 0.717) is 18.5 Å². The van der Waals surface area contributed by atoms with Gasteiger partial charge in [0.2, 0.25) is 0 Å². The fourth-order valence-electron chi connectivity index (χ4n) is 2.25. The molecule has 112 valence electrons. The van der Waals surface area contributed by atoms with Gasteiger partial charge in [-0.05, 0) is 37.1 Å². The number of amides is 1. The number of aliphatic carboxylic acids is 1. The van der Waals surface area contributed by atoms with E-state index in [1.807, 2.05) is 24.4 Å². The minimum absolute atomic E-state index is 0.0661. The number of benzene rings is 1. The van der Waals surface area contributed by atoms with E-state index < -0.39 is 5.97 Å². The van der Waals surface area contributed by atoms with Crippen molar-refractivity contribution in [3.8, 4) is 0 Å². The second-order valence-corrected chi connectivity index (χ2v) is 5.09. The van der Waals surface area contributed by atoms with Crippen LogP contribution in [0.15, 0.2) is 30.5 Å². The summed E-state index contributed by atoms with van der Waals surface area (Å²) < 4.78 is 0. The lowest BCUT2D eigenvalue weighted by Crippen LogP contribution is -2.24. The minimum Gasteiger partial charge on any atom is -0.481 e. The van der Waals surface area contributed by atoms with Crippen LogP contribution in [-0.4, -0.2) is 28.5 Å². The van der Waals surface area contributed by atoms with Gasteiger partial charge in [-0.2, -0.15) is 0 Å². The summed E-state index contributed by atoms with van der Waals surface area (Å²) in [5.74, 6) is -0.813. The molecule has 0 saturated carbocycles. The molecule has 0 unspecified atom stereocenters. The summed E-state index contributed by atoms with van der Waals surface area (Å²) in [6.45, 7) is 0.622. The highest BCUT2D eigenvalue weighted by atomic mass is 16.4. The lowest BCUT2D eigenvalue weighted by Gasteiger charge is -2.05. The molecule has 0 aliphatic carbocycles. The molecule has 0 saturated heterocycles. The maximum atomic E-state index is 12.0. The van der Waals surface area contributed by atoms with E-state index in [1.165, 1.54) is 0 Å². The number of unbranched alkanes of at least 4 members (excludes halogenated alkanes) is 3. The number of carbonyl (C=O) groups excluding carboxylic acids is 1. The van der Waals surface area contributed by atoms with Crippen LogP contribution in [0.2, 0.25) is 0 Å². The first-order valence-corrected chi connectivity index (χ1v) is 7.24. The summed E-state index contributed by atoms with van der Waals surface area (Å²) >= 11 is 0. The fourth-order valence-corrected chi connectivity index (χ4v) is 2.25. The predicted octanol–water partition coefficient (Wildman–Crippen LogP) is 2.93. The van der Waals surface area contributed by atoms with Crippen molar-refractivity contribution >= 4 is 22.8 Å². The Bertz CT molecular complexity index is 619. The first kappa shape index (κ1) is 15.1. The lowest BCUT2D eigenvalue weighted by molar-refractivity contribution is -0.137. The van der Waals surface area contributed by atoms with Crippen molar-refractivity contribution in [1.29, 1.82) is 0 Å². The first-order chi connectivity index (χ1) is 10.2. The molecular weight excluding hydrogens is 268 g/mol. The number of carboxylic acids is 1. The molecule has 2 aromatic rings. The van der Waals surface area contributed by atoms with Crippen LogP contribution in [0.1, 0.15) is 42.5 Å². The van der Waals surface area contributed by atoms with Crippen molar-refractivity contribution in [1.82, 2.24) is 10.3 Å². The van der Waals surface area contributed by atoms with Gasteiger partial charge >= 0.3 is 5.97 Å². The molecule has 5 nitrogen and oxygen atoms in total. The molecule has 2 rings (SSSR count). The molecule has 0 aliphatic heterocycles. The van der Waals surface area contributed by atoms with Gasteiger partial charge in [-0.3, -0.25) is 9.59 Å². The third-order valence-electron chi connectivity index (χ3n) is 3.42. The highest BCUT2D eigenvalue weighted by molar-refractivity contribution is 5.98. The van der Waals surface area contributed by atoms with Gasteiger partial charge in [0.05, 0.1) is 0 Å². The van der Waals surface area contributed by atoms with Crippen LogP contribution in [0.4, 0.5) is 0 Å². The Morgan fingerprint density at radius 3 is 2.71 bits per heavy atom. The smallest absolute Gasteiger partial charge is 0.303 e. The average molecular weight is 288 g/mol. The number of nitrogens with one attached hydrogen (secondary N) is 2. The molecule has 21 heavy (non-hydrogen) atoms. The second kappa shape index (κ2) is 7.47. The molecule has 0 atom stereocenters. The second-order valence-electron chi connectivity index (χ2n) is 5.09. The largest absolute Gasteiger partial charge is 0.481 e. The Morgan fingerprint density at radius 2 is 1.90 bits per heavy atom. The Kier molecular flexibility index (Phi) is 5.37. The Morgan fingerprint density at radius 1 is 1.10 bits per heavy atom. The molecule has 0 fully saturated rings. The molecule has 1 aromatic heterocycles. The summed E-state index contributed by atoms with van der Waals surface area (Å²) in [5.41, 5.74) is 1.68. The molecule has 1 heterocycles. The molecule has 0 radical (unpaired) electrons. The number of fused-ring (bicyclic) bond motifs is 1. The number of hydrogen-bond donors (Lipinski definition) is 3. The molecule has 0 bridgehead atoms. The van der Waals surface area contributed by atoms with Crippen molar-refractivity contribution in [2.45, 2.75) is 32.1 Å². The number of hydrogen-bond acceptors (Lipinski definition) is 2. The van der Waals surface area contributed by atoms with Crippen molar-refractivity contribution in [2.75, 3.05) is 6.54 Å². The van der Waals surface area contributed by atoms with E-state index in [-0.39, 0.29) is 12.3 Å². The van der Waals surface area contributed by atoms with Crippen LogP contribution in [0.3, 0.4) is 0 Å². The van der Waals surface area contributed by atoms with E-state index >= 15 is 0 Å². The highest BCUT2D eigenvalue weighted by Gasteiger charge is 2.06. The van der Waals surface area contributed by atoms with Gasteiger partial charge in [0.25, 0.3) is 5.91 Å². The van der Waals surface area contributed by atoms with Gasteiger partial charge in [-0.1, -0.05) is 12.8 Å². The SMILES string of the molecule is O=C(O)CCCCCCNC(=O)c1ccc2[nH]ccc2c1. The van der Waals surface area contributed by atoms with E-state index in [9.17, 15) is 9.59 Å². The molecule has 0 spiro atoms. The summed E-state index contributed by atoms with van der Waals surface area (Å²) in [4.78, 5) is 25.4. The van der Waals surface area contributed by atoms with E-state index in [2.05, 4.69) is 10.3 Å². The van der Waals surface area contributed by atoms with Crippen LogP contribution >= 0.6 is 0 Å². The molecule has 0 aliphatic rings. The van der Waals surface area contributed by atoms with Crippen LogP contribution in [0, 0.1) is 0 Å². The maximum absolute atomic E-state index is 12.0. The summed E-state index contributed by atoms with van der Waals surface area (Å²) in [6, 6.07) is 7.51. The zero-order valence-corrected chi connectivity index (χ0v) is 11.9. The number of rotatable bonds is 8. The maximum Gasteiger partial charge on any atom is 0.303 e. The Hall–Kier alpha value is -2.30. The van der Waals surface area contributed by atoms with E-state index in [1.54, 1.807) is 6.07 Å². The number of aromatic nitrogens is 1. The number of aromatic amines is 1. The number of carboxylic acid groups (broad SMARTS) is 1. The number of H-pyrrole nitrogens is 1.